The van der Waals surface area contributed by atoms with E-state index < -0.39 is 0 Å². The predicted molar refractivity (Wildman–Crippen MR) is 81.3 cm³/mol. The molecule has 0 saturated carbocycles. The summed E-state index contributed by atoms with van der Waals surface area (Å²) in [6.45, 7) is 0. The molecule has 0 spiro atoms. The van der Waals surface area contributed by atoms with Crippen LogP contribution in [0.2, 0.25) is 5.02 Å². The number of aromatic nitrogens is 1. The molecule has 20 heavy (non-hydrogen) atoms. The standard InChI is InChI=1S/C14H15ClN4O/c1-19(9-3-5-10(20-2)6-4-9)14-12(15)11(13(16)17)7-8-18-14/h3-8H,1-2H3,(H3,16,17). The number of nitrogens with zero attached hydrogens (tertiary/aromatic N) is 2. The van der Waals surface area contributed by atoms with Crippen LogP contribution in [0.15, 0.2) is 36.5 Å². The molecule has 0 aliphatic rings. The molecule has 0 saturated heterocycles. The lowest BCUT2D eigenvalue weighted by Crippen LogP contribution is -2.16. The summed E-state index contributed by atoms with van der Waals surface area (Å²) in [5.41, 5.74) is 6.87. The third-order valence-corrected chi connectivity index (χ3v) is 3.31. The number of nitrogens with one attached hydrogen (secondary N) is 1. The molecule has 0 aliphatic heterocycles. The first kappa shape index (κ1) is 14.1. The minimum Gasteiger partial charge on any atom is -0.497 e. The van der Waals surface area contributed by atoms with Gasteiger partial charge in [0.1, 0.15) is 11.6 Å². The van der Waals surface area contributed by atoms with Gasteiger partial charge in [-0.05, 0) is 30.3 Å². The number of rotatable bonds is 4. The van der Waals surface area contributed by atoms with E-state index in [1.165, 1.54) is 0 Å². The van der Waals surface area contributed by atoms with Crippen LogP contribution in [0.25, 0.3) is 0 Å². The molecular weight excluding hydrogens is 276 g/mol. The van der Waals surface area contributed by atoms with E-state index in [1.807, 2.05) is 36.2 Å². The molecule has 2 rings (SSSR count). The number of halogens is 1. The second-order valence-corrected chi connectivity index (χ2v) is 4.54. The Morgan fingerprint density at radius 1 is 1.30 bits per heavy atom. The van der Waals surface area contributed by atoms with E-state index >= 15 is 0 Å². The molecule has 0 aliphatic carbocycles. The summed E-state index contributed by atoms with van der Waals surface area (Å²) in [5, 5.41) is 7.86. The second kappa shape index (κ2) is 5.79. The Bertz CT molecular complexity index is 628. The van der Waals surface area contributed by atoms with Crippen LogP contribution in [0.4, 0.5) is 11.5 Å². The first-order valence-electron chi connectivity index (χ1n) is 5.91. The number of pyridine rings is 1. The van der Waals surface area contributed by atoms with Crippen molar-refractivity contribution in [1.82, 2.24) is 4.98 Å². The molecular formula is C14H15ClN4O. The van der Waals surface area contributed by atoms with Crippen molar-refractivity contribution in [3.8, 4) is 5.75 Å². The Hall–Kier alpha value is -2.27. The third kappa shape index (κ3) is 2.67. The van der Waals surface area contributed by atoms with Crippen LogP contribution in [0.3, 0.4) is 0 Å². The summed E-state index contributed by atoms with van der Waals surface area (Å²) in [5.74, 6) is 1.24. The van der Waals surface area contributed by atoms with E-state index in [4.69, 9.17) is 27.5 Å². The maximum absolute atomic E-state index is 7.50. The minimum absolute atomic E-state index is 0.0817. The van der Waals surface area contributed by atoms with Crippen LogP contribution in [0, 0.1) is 5.41 Å². The van der Waals surface area contributed by atoms with Crippen molar-refractivity contribution >= 4 is 28.9 Å². The highest BCUT2D eigenvalue weighted by Crippen LogP contribution is 2.31. The lowest BCUT2D eigenvalue weighted by atomic mass is 10.2. The maximum atomic E-state index is 7.50. The van der Waals surface area contributed by atoms with Gasteiger partial charge >= 0.3 is 0 Å². The van der Waals surface area contributed by atoms with Gasteiger partial charge in [-0.25, -0.2) is 4.98 Å². The molecule has 0 unspecified atom stereocenters. The number of benzene rings is 1. The van der Waals surface area contributed by atoms with Crippen LogP contribution in [-0.4, -0.2) is 25.0 Å². The number of ether oxygens (including phenoxy) is 1. The van der Waals surface area contributed by atoms with Gasteiger partial charge in [0.05, 0.1) is 12.1 Å². The molecule has 0 atom stereocenters. The van der Waals surface area contributed by atoms with Crippen LogP contribution in [0.1, 0.15) is 5.56 Å². The fourth-order valence-electron chi connectivity index (χ4n) is 1.80. The zero-order valence-corrected chi connectivity index (χ0v) is 12.0. The Labute approximate surface area is 122 Å². The SMILES string of the molecule is COc1ccc(N(C)c2nccc(C(=N)N)c2Cl)cc1. The Morgan fingerprint density at radius 3 is 2.50 bits per heavy atom. The van der Waals surface area contributed by atoms with Crippen molar-refractivity contribution in [2.45, 2.75) is 0 Å². The lowest BCUT2D eigenvalue weighted by Gasteiger charge is -2.20. The molecule has 3 N–H and O–H groups in total. The highest BCUT2D eigenvalue weighted by atomic mass is 35.5. The number of amidine groups is 1. The van der Waals surface area contributed by atoms with Gasteiger partial charge in [-0.3, -0.25) is 5.41 Å². The quantitative estimate of drug-likeness (QED) is 0.671. The highest BCUT2D eigenvalue weighted by molar-refractivity contribution is 6.36. The van der Waals surface area contributed by atoms with Crippen LogP contribution in [-0.2, 0) is 0 Å². The summed E-state index contributed by atoms with van der Waals surface area (Å²) in [7, 11) is 3.47. The summed E-state index contributed by atoms with van der Waals surface area (Å²) in [4.78, 5) is 6.08. The van der Waals surface area contributed by atoms with E-state index in [1.54, 1.807) is 19.4 Å². The molecule has 5 nitrogen and oxygen atoms in total. The number of nitrogen functional groups attached to an aromatic ring is 1. The van der Waals surface area contributed by atoms with Crippen molar-refractivity contribution < 1.29 is 4.74 Å². The summed E-state index contributed by atoms with van der Waals surface area (Å²) >= 11 is 6.26. The first-order valence-corrected chi connectivity index (χ1v) is 6.29. The van der Waals surface area contributed by atoms with Crippen LogP contribution in [0.5, 0.6) is 5.75 Å². The topological polar surface area (TPSA) is 75.2 Å². The smallest absolute Gasteiger partial charge is 0.152 e. The van der Waals surface area contributed by atoms with Crippen molar-refractivity contribution in [3.05, 3.63) is 47.1 Å². The Kier molecular flexibility index (Phi) is 4.10. The predicted octanol–water partition coefficient (Wildman–Crippen LogP) is 2.80. The normalized spacial score (nSPS) is 10.2. The minimum atomic E-state index is -0.0817. The van der Waals surface area contributed by atoms with E-state index in [-0.39, 0.29) is 5.84 Å². The van der Waals surface area contributed by atoms with Gasteiger partial charge in [-0.1, -0.05) is 11.6 Å². The summed E-state index contributed by atoms with van der Waals surface area (Å²) < 4.78 is 5.12. The monoisotopic (exact) mass is 290 g/mol. The third-order valence-electron chi connectivity index (χ3n) is 2.94. The van der Waals surface area contributed by atoms with Crippen molar-refractivity contribution in [1.29, 1.82) is 5.41 Å². The lowest BCUT2D eigenvalue weighted by molar-refractivity contribution is 0.415. The van der Waals surface area contributed by atoms with Crippen LogP contribution >= 0.6 is 11.6 Å². The highest BCUT2D eigenvalue weighted by Gasteiger charge is 2.14. The second-order valence-electron chi connectivity index (χ2n) is 4.17. The average molecular weight is 291 g/mol. The van der Waals surface area contributed by atoms with Crippen molar-refractivity contribution in [3.63, 3.8) is 0 Å². The van der Waals surface area contributed by atoms with Crippen molar-refractivity contribution in [2.75, 3.05) is 19.1 Å². The largest absolute Gasteiger partial charge is 0.497 e. The number of methoxy groups -OCH3 is 1. The molecule has 2 aromatic rings. The van der Waals surface area contributed by atoms with Gasteiger partial charge in [-0.2, -0.15) is 0 Å². The first-order chi connectivity index (χ1) is 9.54. The molecule has 0 bridgehead atoms. The van der Waals surface area contributed by atoms with Gasteiger partial charge in [-0.15, -0.1) is 0 Å². The summed E-state index contributed by atoms with van der Waals surface area (Å²) in [6, 6.07) is 9.13. The maximum Gasteiger partial charge on any atom is 0.152 e. The van der Waals surface area contributed by atoms with Gasteiger partial charge in [0, 0.05) is 24.5 Å². The molecule has 6 heteroatoms. The molecule has 1 heterocycles. The van der Waals surface area contributed by atoms with Gasteiger partial charge in [0.25, 0.3) is 0 Å². The molecule has 1 aromatic heterocycles. The number of hydrogen-bond donors (Lipinski definition) is 2. The summed E-state index contributed by atoms with van der Waals surface area (Å²) in [6.07, 6.45) is 1.58. The molecule has 0 fully saturated rings. The molecule has 1 aromatic carbocycles. The van der Waals surface area contributed by atoms with Gasteiger partial charge in [0.2, 0.25) is 0 Å². The number of anilines is 2. The number of nitrogens with two attached hydrogens (primary N) is 1. The van der Waals surface area contributed by atoms with E-state index in [9.17, 15) is 0 Å². The molecule has 0 amide bonds. The van der Waals surface area contributed by atoms with Crippen molar-refractivity contribution in [2.24, 2.45) is 5.73 Å². The average Bonchev–Trinajstić information content (AvgIpc) is 2.46. The van der Waals surface area contributed by atoms with Crippen LogP contribution < -0.4 is 15.4 Å². The zero-order valence-electron chi connectivity index (χ0n) is 11.2. The Balaban J connectivity index is 2.39. The van der Waals surface area contributed by atoms with Gasteiger partial charge < -0.3 is 15.4 Å². The van der Waals surface area contributed by atoms with E-state index in [0.29, 0.717) is 16.4 Å². The van der Waals surface area contributed by atoms with E-state index in [0.717, 1.165) is 11.4 Å². The fourth-order valence-corrected chi connectivity index (χ4v) is 2.14. The fraction of sp³-hybridized carbons (Fsp3) is 0.143. The zero-order chi connectivity index (χ0) is 14.7. The van der Waals surface area contributed by atoms with E-state index in [2.05, 4.69) is 4.98 Å². The number of hydrogen-bond acceptors (Lipinski definition) is 4. The Morgan fingerprint density at radius 2 is 1.95 bits per heavy atom. The molecule has 104 valence electrons. The molecule has 0 radical (unpaired) electrons. The van der Waals surface area contributed by atoms with Gasteiger partial charge in [0.15, 0.2) is 5.82 Å².